The minimum Gasteiger partial charge on any atom is -0.286 e. The zero-order valence-corrected chi connectivity index (χ0v) is 15.5. The minimum absolute atomic E-state index is 0.122. The zero-order chi connectivity index (χ0) is 17.1. The topological polar surface area (TPSA) is 34.1 Å². The maximum atomic E-state index is 12.5. The second-order valence-corrected chi connectivity index (χ2v) is 8.64. The predicted octanol–water partition coefficient (Wildman–Crippen LogP) is 4.36. The van der Waals surface area contributed by atoms with Gasteiger partial charge in [-0.05, 0) is 37.8 Å². The Labute approximate surface area is 151 Å². The lowest BCUT2D eigenvalue weighted by molar-refractivity contribution is -0.114. The molecule has 4 heteroatoms. The van der Waals surface area contributed by atoms with Gasteiger partial charge in [0.05, 0.1) is 10.5 Å². The van der Waals surface area contributed by atoms with E-state index in [9.17, 15) is 9.59 Å². The Balaban J connectivity index is 1.63. The number of carbonyl (C=O) groups is 2. The second kappa shape index (κ2) is 7.58. The number of hydrogen-bond acceptors (Lipinski definition) is 4. The summed E-state index contributed by atoms with van der Waals surface area (Å²) in [5.74, 6) is 0. The third-order valence-corrected chi connectivity index (χ3v) is 6.79. The van der Waals surface area contributed by atoms with E-state index < -0.39 is 0 Å². The average Bonchev–Trinajstić information content (AvgIpc) is 2.56. The van der Waals surface area contributed by atoms with Crippen LogP contribution >= 0.6 is 23.5 Å². The van der Waals surface area contributed by atoms with Gasteiger partial charge in [0.2, 0.25) is 10.2 Å². The highest BCUT2D eigenvalue weighted by Crippen LogP contribution is 2.36. The summed E-state index contributed by atoms with van der Waals surface area (Å²) in [5, 5.41) is -0.284. The van der Waals surface area contributed by atoms with Gasteiger partial charge in [-0.15, -0.1) is 0 Å². The van der Waals surface area contributed by atoms with Gasteiger partial charge < -0.3 is 0 Å². The fraction of sp³-hybridized carbons (Fsp3) is 0.300. The van der Waals surface area contributed by atoms with Crippen LogP contribution < -0.4 is 0 Å². The van der Waals surface area contributed by atoms with Crippen molar-refractivity contribution in [2.24, 2.45) is 0 Å². The molecule has 0 amide bonds. The molecule has 1 aliphatic rings. The van der Waals surface area contributed by atoms with Gasteiger partial charge in [-0.2, -0.15) is 0 Å². The Hall–Kier alpha value is -1.52. The lowest BCUT2D eigenvalue weighted by atomic mass is 10.1. The number of carbonyl (C=O) groups excluding carboxylic acids is 2. The largest absolute Gasteiger partial charge is 0.286 e. The summed E-state index contributed by atoms with van der Waals surface area (Å²) in [4.78, 5) is 24.9. The molecule has 1 saturated heterocycles. The van der Waals surface area contributed by atoms with Crippen molar-refractivity contribution < 1.29 is 9.59 Å². The molecule has 2 aromatic carbocycles. The van der Waals surface area contributed by atoms with Crippen LogP contribution in [0.1, 0.15) is 22.3 Å². The molecule has 0 N–H and O–H groups in total. The van der Waals surface area contributed by atoms with Crippen molar-refractivity contribution in [1.29, 1.82) is 0 Å². The zero-order valence-electron chi connectivity index (χ0n) is 13.8. The van der Waals surface area contributed by atoms with E-state index in [0.717, 1.165) is 11.1 Å². The van der Waals surface area contributed by atoms with Gasteiger partial charge in [0.25, 0.3) is 0 Å². The van der Waals surface area contributed by atoms with Crippen molar-refractivity contribution in [3.63, 3.8) is 0 Å². The molecule has 2 aromatic rings. The van der Waals surface area contributed by atoms with Gasteiger partial charge in [0.1, 0.15) is 0 Å². The van der Waals surface area contributed by atoms with Gasteiger partial charge in [-0.3, -0.25) is 9.59 Å². The van der Waals surface area contributed by atoms with Crippen LogP contribution in [0.4, 0.5) is 0 Å². The molecular formula is C20H20O2S2. The Bertz CT molecular complexity index is 670. The molecule has 2 nitrogen and oxygen atoms in total. The summed E-state index contributed by atoms with van der Waals surface area (Å²) < 4.78 is 0. The molecule has 3 rings (SSSR count). The molecule has 0 aromatic heterocycles. The first-order chi connectivity index (χ1) is 11.5. The van der Waals surface area contributed by atoms with Crippen LogP contribution in [0.3, 0.4) is 0 Å². The molecule has 1 fully saturated rings. The van der Waals surface area contributed by atoms with E-state index in [-0.39, 0.29) is 20.7 Å². The third kappa shape index (κ3) is 4.31. The summed E-state index contributed by atoms with van der Waals surface area (Å²) in [6.07, 6.45) is 1.25. The van der Waals surface area contributed by atoms with E-state index in [0.29, 0.717) is 12.8 Å². The average molecular weight is 357 g/mol. The predicted molar refractivity (Wildman–Crippen MR) is 103 cm³/mol. The number of hydrogen-bond donors (Lipinski definition) is 0. The standard InChI is InChI=1S/C20H20O2S2/c1-13-3-7-15(8-4-13)11-17-19(21)24-18(20(22)23-17)12-16-9-5-14(2)6-10-16/h3-10,17-18H,11-12H2,1-2H3/t17-,18+. The first kappa shape index (κ1) is 17.3. The number of rotatable bonds is 4. The lowest BCUT2D eigenvalue weighted by Gasteiger charge is -2.25. The summed E-state index contributed by atoms with van der Waals surface area (Å²) >= 11 is 2.43. The van der Waals surface area contributed by atoms with Gasteiger partial charge >= 0.3 is 0 Å². The van der Waals surface area contributed by atoms with Crippen LogP contribution in [-0.4, -0.2) is 20.7 Å². The first-order valence-electron chi connectivity index (χ1n) is 8.03. The molecule has 24 heavy (non-hydrogen) atoms. The maximum absolute atomic E-state index is 12.5. The molecule has 0 bridgehead atoms. The van der Waals surface area contributed by atoms with Crippen LogP contribution in [0, 0.1) is 13.8 Å². The SMILES string of the molecule is Cc1ccc(C[C@@H]2SC(=O)[C@@H](Cc3ccc(C)cc3)SC2=O)cc1. The number of aryl methyl sites for hydroxylation is 2. The second-order valence-electron chi connectivity index (χ2n) is 6.23. The van der Waals surface area contributed by atoms with E-state index in [1.54, 1.807) is 0 Å². The number of benzene rings is 2. The maximum Gasteiger partial charge on any atom is 0.203 e. The molecule has 0 unspecified atom stereocenters. The van der Waals surface area contributed by atoms with Crippen molar-refractivity contribution in [2.75, 3.05) is 0 Å². The molecule has 1 aliphatic heterocycles. The quantitative estimate of drug-likeness (QED) is 0.815. The van der Waals surface area contributed by atoms with E-state index in [1.165, 1.54) is 34.7 Å². The van der Waals surface area contributed by atoms with Crippen LogP contribution in [0.5, 0.6) is 0 Å². The molecule has 0 aliphatic carbocycles. The van der Waals surface area contributed by atoms with Crippen molar-refractivity contribution >= 4 is 33.8 Å². The monoisotopic (exact) mass is 356 g/mol. The van der Waals surface area contributed by atoms with E-state index in [2.05, 4.69) is 0 Å². The van der Waals surface area contributed by atoms with Crippen molar-refractivity contribution in [3.05, 3.63) is 70.8 Å². The number of thioether (sulfide) groups is 2. The summed E-state index contributed by atoms with van der Waals surface area (Å²) in [7, 11) is 0. The smallest absolute Gasteiger partial charge is 0.203 e. The third-order valence-electron chi connectivity index (χ3n) is 4.13. The molecule has 0 radical (unpaired) electrons. The van der Waals surface area contributed by atoms with Gasteiger partial charge in [-0.1, -0.05) is 83.2 Å². The molecule has 0 saturated carbocycles. The fourth-order valence-corrected chi connectivity index (χ4v) is 5.05. The Morgan fingerprint density at radius 2 is 1.00 bits per heavy atom. The molecule has 124 valence electrons. The first-order valence-corrected chi connectivity index (χ1v) is 9.79. The highest BCUT2D eigenvalue weighted by Gasteiger charge is 2.36. The molecule has 2 atom stereocenters. The Morgan fingerprint density at radius 1 is 0.667 bits per heavy atom. The van der Waals surface area contributed by atoms with Gasteiger partial charge in [0.15, 0.2) is 0 Å². The van der Waals surface area contributed by atoms with E-state index >= 15 is 0 Å². The van der Waals surface area contributed by atoms with Crippen LogP contribution in [-0.2, 0) is 22.4 Å². The minimum atomic E-state index is -0.264. The molecule has 0 spiro atoms. The summed E-state index contributed by atoms with van der Waals surface area (Å²) in [6.45, 7) is 4.08. The Morgan fingerprint density at radius 3 is 1.33 bits per heavy atom. The van der Waals surface area contributed by atoms with Crippen LogP contribution in [0.25, 0.3) is 0 Å². The van der Waals surface area contributed by atoms with E-state index in [4.69, 9.17) is 0 Å². The van der Waals surface area contributed by atoms with Crippen LogP contribution in [0.2, 0.25) is 0 Å². The van der Waals surface area contributed by atoms with Crippen LogP contribution in [0.15, 0.2) is 48.5 Å². The summed E-state index contributed by atoms with van der Waals surface area (Å²) in [5.41, 5.74) is 4.61. The van der Waals surface area contributed by atoms with Crippen molar-refractivity contribution in [2.45, 2.75) is 37.2 Å². The molecular weight excluding hydrogens is 336 g/mol. The fourth-order valence-electron chi connectivity index (χ4n) is 2.65. The highest BCUT2D eigenvalue weighted by atomic mass is 32.2. The van der Waals surface area contributed by atoms with Crippen molar-refractivity contribution in [1.82, 2.24) is 0 Å². The van der Waals surface area contributed by atoms with Gasteiger partial charge in [-0.25, -0.2) is 0 Å². The normalized spacial score (nSPS) is 21.1. The van der Waals surface area contributed by atoms with Gasteiger partial charge in [0, 0.05) is 0 Å². The van der Waals surface area contributed by atoms with E-state index in [1.807, 2.05) is 62.4 Å². The Kier molecular flexibility index (Phi) is 5.47. The highest BCUT2D eigenvalue weighted by molar-refractivity contribution is 8.25. The summed E-state index contributed by atoms with van der Waals surface area (Å²) in [6, 6.07) is 16.3. The van der Waals surface area contributed by atoms with Crippen molar-refractivity contribution in [3.8, 4) is 0 Å². The molecule has 1 heterocycles. The lowest BCUT2D eigenvalue weighted by Crippen LogP contribution is -2.32.